The number of aromatic carboxylic acids is 1. The largest absolute Gasteiger partial charge is 0.484 e. The second kappa shape index (κ2) is 6.32. The van der Waals surface area contributed by atoms with Gasteiger partial charge in [0.2, 0.25) is 0 Å². The van der Waals surface area contributed by atoms with Crippen LogP contribution in [0.15, 0.2) is 12.1 Å². The smallest absolute Gasteiger partial charge is 0.422 e. The fourth-order valence-corrected chi connectivity index (χ4v) is 1.49. The van der Waals surface area contributed by atoms with E-state index in [-0.39, 0.29) is 5.56 Å². The summed E-state index contributed by atoms with van der Waals surface area (Å²) < 4.78 is 81.3. The lowest BCUT2D eigenvalue weighted by atomic mass is 10.1. The van der Waals surface area contributed by atoms with Gasteiger partial charge < -0.3 is 14.6 Å². The number of carboxylic acid groups (broad SMARTS) is 1. The molecule has 1 N–H and O–H groups in total. The van der Waals surface area contributed by atoms with Gasteiger partial charge in [0.25, 0.3) is 0 Å². The molecular formula is C12H10F6O4. The zero-order chi connectivity index (χ0) is 17.1. The zero-order valence-corrected chi connectivity index (χ0v) is 11.0. The minimum absolute atomic E-state index is 0.0960. The van der Waals surface area contributed by atoms with E-state index in [0.29, 0.717) is 6.07 Å². The Morgan fingerprint density at radius 2 is 1.55 bits per heavy atom. The Kier molecular flexibility index (Phi) is 5.15. The van der Waals surface area contributed by atoms with Crippen molar-refractivity contribution >= 4 is 5.97 Å². The number of alkyl halides is 6. The van der Waals surface area contributed by atoms with Gasteiger partial charge in [-0.3, -0.25) is 0 Å². The Morgan fingerprint density at radius 1 is 1.05 bits per heavy atom. The molecule has 0 spiro atoms. The summed E-state index contributed by atoms with van der Waals surface area (Å²) in [4.78, 5) is 11.0. The van der Waals surface area contributed by atoms with Crippen molar-refractivity contribution in [1.82, 2.24) is 0 Å². The summed E-state index contributed by atoms with van der Waals surface area (Å²) in [6.07, 6.45) is -9.32. The molecule has 0 saturated carbocycles. The fourth-order valence-electron chi connectivity index (χ4n) is 1.49. The number of hydrogen-bond acceptors (Lipinski definition) is 3. The van der Waals surface area contributed by atoms with Gasteiger partial charge in [0.05, 0.1) is 0 Å². The SMILES string of the molecule is Cc1cc(OCC(F)(F)F)cc(C(=O)O)c1OCC(F)(F)F. The van der Waals surface area contributed by atoms with Crippen LogP contribution in [0, 0.1) is 6.92 Å². The van der Waals surface area contributed by atoms with Crippen LogP contribution in [0.1, 0.15) is 15.9 Å². The van der Waals surface area contributed by atoms with E-state index in [9.17, 15) is 31.1 Å². The highest BCUT2D eigenvalue weighted by Crippen LogP contribution is 2.31. The van der Waals surface area contributed by atoms with Crippen molar-refractivity contribution in [3.8, 4) is 11.5 Å². The maximum absolute atomic E-state index is 12.1. The Morgan fingerprint density at radius 3 is 2.00 bits per heavy atom. The normalized spacial score (nSPS) is 12.1. The minimum Gasteiger partial charge on any atom is -0.484 e. The minimum atomic E-state index is -4.69. The van der Waals surface area contributed by atoms with Crippen LogP contribution >= 0.6 is 0 Å². The Labute approximate surface area is 120 Å². The molecule has 1 aromatic carbocycles. The highest BCUT2D eigenvalue weighted by Gasteiger charge is 2.31. The summed E-state index contributed by atoms with van der Waals surface area (Å²) in [6, 6.07) is 1.64. The van der Waals surface area contributed by atoms with Crippen molar-refractivity contribution in [2.24, 2.45) is 0 Å². The van der Waals surface area contributed by atoms with Crippen LogP contribution in [0.4, 0.5) is 26.3 Å². The summed E-state index contributed by atoms with van der Waals surface area (Å²) >= 11 is 0. The number of benzene rings is 1. The number of hydrogen-bond donors (Lipinski definition) is 1. The molecule has 124 valence electrons. The monoisotopic (exact) mass is 332 g/mol. The van der Waals surface area contributed by atoms with E-state index in [1.54, 1.807) is 0 Å². The summed E-state index contributed by atoms with van der Waals surface area (Å²) in [6.45, 7) is -2.19. The number of ether oxygens (including phenoxy) is 2. The van der Waals surface area contributed by atoms with Gasteiger partial charge in [-0.15, -0.1) is 0 Å². The molecule has 1 rings (SSSR count). The van der Waals surface area contributed by atoms with Gasteiger partial charge >= 0.3 is 18.3 Å². The van der Waals surface area contributed by atoms with Crippen molar-refractivity contribution in [1.29, 1.82) is 0 Å². The van der Waals surface area contributed by atoms with Crippen LogP contribution < -0.4 is 9.47 Å². The van der Waals surface area contributed by atoms with Crippen LogP contribution in [-0.2, 0) is 0 Å². The molecule has 1 aromatic rings. The molecule has 0 aliphatic heterocycles. The Hall–Kier alpha value is -2.13. The number of carboxylic acids is 1. The fraction of sp³-hybridized carbons (Fsp3) is 0.417. The highest BCUT2D eigenvalue weighted by molar-refractivity contribution is 5.92. The first kappa shape index (κ1) is 17.9. The van der Waals surface area contributed by atoms with Gasteiger partial charge in [-0.1, -0.05) is 0 Å². The van der Waals surface area contributed by atoms with E-state index in [1.807, 2.05) is 0 Å². The lowest BCUT2D eigenvalue weighted by molar-refractivity contribution is -0.154. The van der Waals surface area contributed by atoms with Crippen molar-refractivity contribution in [3.63, 3.8) is 0 Å². The molecule has 0 unspecified atom stereocenters. The van der Waals surface area contributed by atoms with Crippen molar-refractivity contribution in [2.75, 3.05) is 13.2 Å². The average molecular weight is 332 g/mol. The van der Waals surface area contributed by atoms with E-state index in [2.05, 4.69) is 9.47 Å². The molecule has 0 fully saturated rings. The predicted octanol–water partition coefficient (Wildman–Crippen LogP) is 3.58. The van der Waals surface area contributed by atoms with Crippen LogP contribution in [0.25, 0.3) is 0 Å². The number of aryl methyl sites for hydroxylation is 1. The third-order valence-corrected chi connectivity index (χ3v) is 2.26. The molecule has 0 atom stereocenters. The molecule has 0 bridgehead atoms. The second-order valence-corrected chi connectivity index (χ2v) is 4.23. The standard InChI is InChI=1S/C12H10F6O4/c1-6-2-7(21-4-11(13,14)15)3-8(10(19)20)9(6)22-5-12(16,17)18/h2-3H,4-5H2,1H3,(H,19,20). The van der Waals surface area contributed by atoms with Crippen LogP contribution in [-0.4, -0.2) is 36.6 Å². The van der Waals surface area contributed by atoms with Crippen molar-refractivity contribution in [3.05, 3.63) is 23.3 Å². The number of carbonyl (C=O) groups is 1. The summed E-state index contributed by atoms with van der Waals surface area (Å²) in [7, 11) is 0. The summed E-state index contributed by atoms with van der Waals surface area (Å²) in [5.74, 6) is -2.67. The summed E-state index contributed by atoms with van der Waals surface area (Å²) in [5.41, 5.74) is -0.817. The molecule has 22 heavy (non-hydrogen) atoms. The maximum atomic E-state index is 12.1. The average Bonchev–Trinajstić information content (AvgIpc) is 2.32. The molecule has 4 nitrogen and oxygen atoms in total. The van der Waals surface area contributed by atoms with E-state index in [4.69, 9.17) is 5.11 Å². The molecule has 0 aromatic heterocycles. The van der Waals surface area contributed by atoms with Gasteiger partial charge in [-0.05, 0) is 24.6 Å². The first-order chi connectivity index (χ1) is 9.89. The first-order valence-electron chi connectivity index (χ1n) is 5.66. The van der Waals surface area contributed by atoms with Crippen LogP contribution in [0.2, 0.25) is 0 Å². The van der Waals surface area contributed by atoms with Gasteiger partial charge in [0, 0.05) is 0 Å². The Bertz CT molecular complexity index is 550. The van der Waals surface area contributed by atoms with E-state index < -0.39 is 48.6 Å². The van der Waals surface area contributed by atoms with Crippen molar-refractivity contribution < 1.29 is 45.7 Å². The highest BCUT2D eigenvalue weighted by atomic mass is 19.4. The van der Waals surface area contributed by atoms with Gasteiger partial charge in [0.15, 0.2) is 13.2 Å². The molecule has 10 heteroatoms. The molecule has 0 aliphatic carbocycles. The van der Waals surface area contributed by atoms with Gasteiger partial charge in [0.1, 0.15) is 17.1 Å². The third-order valence-electron chi connectivity index (χ3n) is 2.26. The van der Waals surface area contributed by atoms with Crippen LogP contribution in [0.3, 0.4) is 0 Å². The molecule has 0 saturated heterocycles. The molecule has 0 aliphatic rings. The van der Waals surface area contributed by atoms with Gasteiger partial charge in [-0.2, -0.15) is 26.3 Å². The molecular weight excluding hydrogens is 322 g/mol. The lowest BCUT2D eigenvalue weighted by Crippen LogP contribution is -2.21. The Balaban J connectivity index is 3.06. The lowest BCUT2D eigenvalue weighted by Gasteiger charge is -2.16. The second-order valence-electron chi connectivity index (χ2n) is 4.23. The van der Waals surface area contributed by atoms with E-state index >= 15 is 0 Å². The zero-order valence-electron chi connectivity index (χ0n) is 11.0. The summed E-state index contributed by atoms with van der Waals surface area (Å²) in [5, 5.41) is 8.93. The van der Waals surface area contributed by atoms with Gasteiger partial charge in [-0.25, -0.2) is 4.79 Å². The number of rotatable bonds is 5. The first-order valence-corrected chi connectivity index (χ1v) is 5.66. The number of halogens is 6. The quantitative estimate of drug-likeness (QED) is 0.838. The molecule has 0 heterocycles. The topological polar surface area (TPSA) is 55.8 Å². The van der Waals surface area contributed by atoms with E-state index in [1.165, 1.54) is 6.92 Å². The maximum Gasteiger partial charge on any atom is 0.422 e. The van der Waals surface area contributed by atoms with Crippen molar-refractivity contribution in [2.45, 2.75) is 19.3 Å². The molecule has 0 radical (unpaired) electrons. The predicted molar refractivity (Wildman–Crippen MR) is 61.2 cm³/mol. The molecule has 0 amide bonds. The van der Waals surface area contributed by atoms with E-state index in [0.717, 1.165) is 6.07 Å². The van der Waals surface area contributed by atoms with Crippen LogP contribution in [0.5, 0.6) is 11.5 Å². The third kappa shape index (κ3) is 5.70.